The smallest absolute Gasteiger partial charge is 0.334 e. The van der Waals surface area contributed by atoms with Crippen molar-refractivity contribution in [3.8, 4) is 0 Å². The maximum absolute atomic E-state index is 12.0. The predicted octanol–water partition coefficient (Wildman–Crippen LogP) is 3.13. The molecule has 0 spiro atoms. The van der Waals surface area contributed by atoms with E-state index in [0.29, 0.717) is 17.5 Å². The Balaban J connectivity index is 2.40. The Morgan fingerprint density at radius 2 is 2.11 bits per heavy atom. The van der Waals surface area contributed by atoms with Crippen LogP contribution in [0, 0.1) is 5.41 Å². The minimum absolute atomic E-state index is 0.00301. The van der Waals surface area contributed by atoms with Gasteiger partial charge in [-0.3, -0.25) is 0 Å². The minimum Gasteiger partial charge on any atom is -0.334 e. The third kappa shape index (κ3) is 2.67. The van der Waals surface area contributed by atoms with Crippen LogP contribution in [0.15, 0.2) is 12.3 Å². The Kier molecular flexibility index (Phi) is 3.69. The molecule has 19 heavy (non-hydrogen) atoms. The van der Waals surface area contributed by atoms with Gasteiger partial charge < -0.3 is 4.84 Å². The van der Waals surface area contributed by atoms with E-state index in [1.165, 1.54) is 4.73 Å². The number of halogens is 2. The molecule has 0 unspecified atom stereocenters. The summed E-state index contributed by atoms with van der Waals surface area (Å²) < 4.78 is 1.26. The molecule has 0 aliphatic heterocycles. The van der Waals surface area contributed by atoms with E-state index in [2.05, 4.69) is 9.97 Å². The van der Waals surface area contributed by atoms with E-state index >= 15 is 0 Å². The summed E-state index contributed by atoms with van der Waals surface area (Å²) in [4.78, 5) is 25.2. The zero-order valence-electron chi connectivity index (χ0n) is 10.8. The Hall–Kier alpha value is -1.33. The first-order valence-electron chi connectivity index (χ1n) is 5.78. The number of fused-ring (bicyclic) bond motifs is 1. The van der Waals surface area contributed by atoms with Crippen LogP contribution in [-0.4, -0.2) is 20.7 Å². The van der Waals surface area contributed by atoms with Gasteiger partial charge in [-0.1, -0.05) is 18.5 Å². The summed E-state index contributed by atoms with van der Waals surface area (Å²) in [5, 5.41) is 0.802. The van der Waals surface area contributed by atoms with Crippen molar-refractivity contribution < 1.29 is 9.63 Å². The van der Waals surface area contributed by atoms with Crippen LogP contribution in [0.3, 0.4) is 0 Å². The standard InChI is InChI=1S/C12H13Cl2N3O2/c1-4-12(2,3)10(18)19-17-6-5-7-8(13)15-11(14)16-9(7)17/h5-6H,4H2,1-3H3. The average Bonchev–Trinajstić information content (AvgIpc) is 2.72. The second-order valence-corrected chi connectivity index (χ2v) is 5.47. The molecule has 0 aromatic carbocycles. The third-order valence-corrected chi connectivity index (χ3v) is 3.51. The summed E-state index contributed by atoms with van der Waals surface area (Å²) in [6.45, 7) is 5.55. The van der Waals surface area contributed by atoms with E-state index in [-0.39, 0.29) is 16.4 Å². The largest absolute Gasteiger partial charge is 0.338 e. The first-order chi connectivity index (χ1) is 8.85. The second kappa shape index (κ2) is 4.98. The van der Waals surface area contributed by atoms with Gasteiger partial charge in [-0.25, -0.2) is 9.78 Å². The molecule has 2 heterocycles. The lowest BCUT2D eigenvalue weighted by Gasteiger charge is -2.19. The number of carbonyl (C=O) groups excluding carboxylic acids is 1. The highest BCUT2D eigenvalue weighted by Gasteiger charge is 2.28. The molecule has 0 amide bonds. The zero-order valence-corrected chi connectivity index (χ0v) is 12.3. The van der Waals surface area contributed by atoms with Crippen molar-refractivity contribution in [2.24, 2.45) is 5.41 Å². The monoisotopic (exact) mass is 301 g/mol. The number of carbonyl (C=O) groups is 1. The molecule has 2 aromatic rings. The lowest BCUT2D eigenvalue weighted by Crippen LogP contribution is -2.32. The van der Waals surface area contributed by atoms with Gasteiger partial charge in [-0.2, -0.15) is 9.71 Å². The Morgan fingerprint density at radius 3 is 2.74 bits per heavy atom. The number of hydrogen-bond acceptors (Lipinski definition) is 4. The third-order valence-electron chi connectivity index (χ3n) is 3.05. The topological polar surface area (TPSA) is 57.0 Å². The van der Waals surface area contributed by atoms with E-state index < -0.39 is 5.41 Å². The van der Waals surface area contributed by atoms with Crippen molar-refractivity contribution in [1.82, 2.24) is 14.7 Å². The van der Waals surface area contributed by atoms with Crippen molar-refractivity contribution in [2.75, 3.05) is 0 Å². The summed E-state index contributed by atoms with van der Waals surface area (Å²) in [5.74, 6) is -0.349. The van der Waals surface area contributed by atoms with Crippen molar-refractivity contribution in [2.45, 2.75) is 27.2 Å². The van der Waals surface area contributed by atoms with Crippen LogP contribution >= 0.6 is 23.2 Å². The summed E-state index contributed by atoms with van der Waals surface area (Å²) in [5.41, 5.74) is -0.206. The average molecular weight is 302 g/mol. The van der Waals surface area contributed by atoms with Crippen LogP contribution in [-0.2, 0) is 4.79 Å². The summed E-state index contributed by atoms with van der Waals surface area (Å²) >= 11 is 11.7. The molecule has 7 heteroatoms. The molecule has 0 atom stereocenters. The van der Waals surface area contributed by atoms with E-state index in [9.17, 15) is 4.79 Å². The highest BCUT2D eigenvalue weighted by atomic mass is 35.5. The molecule has 0 N–H and O–H groups in total. The Morgan fingerprint density at radius 1 is 1.42 bits per heavy atom. The van der Waals surface area contributed by atoms with Gasteiger partial charge in [-0.15, -0.1) is 0 Å². The van der Waals surface area contributed by atoms with Gasteiger partial charge in [0.2, 0.25) is 5.28 Å². The van der Waals surface area contributed by atoms with E-state index in [1.54, 1.807) is 12.3 Å². The van der Waals surface area contributed by atoms with Crippen molar-refractivity contribution in [3.05, 3.63) is 22.7 Å². The molecule has 0 saturated heterocycles. The van der Waals surface area contributed by atoms with Gasteiger partial charge >= 0.3 is 5.97 Å². The lowest BCUT2D eigenvalue weighted by molar-refractivity contribution is -0.154. The maximum Gasteiger partial charge on any atom is 0.338 e. The summed E-state index contributed by atoms with van der Waals surface area (Å²) in [7, 11) is 0. The molecule has 2 aromatic heterocycles. The summed E-state index contributed by atoms with van der Waals surface area (Å²) in [6, 6.07) is 1.67. The molecule has 5 nitrogen and oxygen atoms in total. The van der Waals surface area contributed by atoms with Gasteiger partial charge in [0.1, 0.15) is 5.15 Å². The van der Waals surface area contributed by atoms with Crippen molar-refractivity contribution in [3.63, 3.8) is 0 Å². The van der Waals surface area contributed by atoms with Crippen LogP contribution in [0.1, 0.15) is 27.2 Å². The fourth-order valence-corrected chi connectivity index (χ4v) is 1.80. The SMILES string of the molecule is CCC(C)(C)C(=O)On1ccc2c(Cl)nc(Cl)nc21. The highest BCUT2D eigenvalue weighted by molar-refractivity contribution is 6.35. The molecule has 102 valence electrons. The Bertz CT molecular complexity index is 637. The first kappa shape index (κ1) is 14.1. The van der Waals surface area contributed by atoms with Gasteiger partial charge in [0.25, 0.3) is 0 Å². The fraction of sp³-hybridized carbons (Fsp3) is 0.417. The lowest BCUT2D eigenvalue weighted by atomic mass is 9.91. The molecule has 2 rings (SSSR count). The molecule has 0 bridgehead atoms. The molecule has 0 aliphatic carbocycles. The van der Waals surface area contributed by atoms with E-state index in [4.69, 9.17) is 28.0 Å². The highest BCUT2D eigenvalue weighted by Crippen LogP contribution is 2.24. The van der Waals surface area contributed by atoms with Crippen molar-refractivity contribution >= 4 is 40.2 Å². The number of aromatic nitrogens is 3. The van der Waals surface area contributed by atoms with E-state index in [0.717, 1.165) is 0 Å². The molecular formula is C12H13Cl2N3O2. The van der Waals surface area contributed by atoms with Gasteiger partial charge in [0, 0.05) is 6.20 Å². The molecule has 0 radical (unpaired) electrons. The van der Waals surface area contributed by atoms with Gasteiger partial charge in [0.15, 0.2) is 5.65 Å². The van der Waals surface area contributed by atoms with Crippen LogP contribution in [0.25, 0.3) is 11.0 Å². The predicted molar refractivity (Wildman–Crippen MR) is 73.2 cm³/mol. The molecule has 0 aliphatic rings. The van der Waals surface area contributed by atoms with Crippen LogP contribution < -0.4 is 4.84 Å². The van der Waals surface area contributed by atoms with Crippen LogP contribution in [0.4, 0.5) is 0 Å². The fourth-order valence-electron chi connectivity index (χ4n) is 1.36. The first-order valence-corrected chi connectivity index (χ1v) is 6.53. The molecule has 0 saturated carbocycles. The molecule has 0 fully saturated rings. The second-order valence-electron chi connectivity index (χ2n) is 4.78. The number of hydrogen-bond donors (Lipinski definition) is 0. The van der Waals surface area contributed by atoms with Crippen LogP contribution in [0.5, 0.6) is 0 Å². The van der Waals surface area contributed by atoms with Crippen LogP contribution in [0.2, 0.25) is 10.4 Å². The van der Waals surface area contributed by atoms with Crippen molar-refractivity contribution in [1.29, 1.82) is 0 Å². The quantitative estimate of drug-likeness (QED) is 0.645. The van der Waals surface area contributed by atoms with Gasteiger partial charge in [-0.05, 0) is 37.9 Å². The normalized spacial score (nSPS) is 11.8. The maximum atomic E-state index is 12.0. The van der Waals surface area contributed by atoms with E-state index in [1.807, 2.05) is 20.8 Å². The Labute approximate surface area is 120 Å². The van der Waals surface area contributed by atoms with Gasteiger partial charge in [0.05, 0.1) is 10.8 Å². The number of rotatable bonds is 3. The minimum atomic E-state index is -0.572. The molecular weight excluding hydrogens is 289 g/mol. The zero-order chi connectivity index (χ0) is 14.2. The number of nitrogens with zero attached hydrogens (tertiary/aromatic N) is 3. The summed E-state index contributed by atoms with van der Waals surface area (Å²) in [6.07, 6.45) is 2.23.